The molecule has 1 aromatic heterocycles. The number of aromatic nitrogens is 1. The first kappa shape index (κ1) is 11.6. The van der Waals surface area contributed by atoms with Gasteiger partial charge < -0.3 is 5.32 Å². The van der Waals surface area contributed by atoms with Crippen molar-refractivity contribution in [2.75, 3.05) is 0 Å². The SMILES string of the molecule is CCC1CC1NCc1ncc(Br)cc1Br. The Bertz CT molecular complexity index is 354. The van der Waals surface area contributed by atoms with Gasteiger partial charge in [0.2, 0.25) is 0 Å². The van der Waals surface area contributed by atoms with Gasteiger partial charge in [0.25, 0.3) is 0 Å². The van der Waals surface area contributed by atoms with Crippen LogP contribution in [0.3, 0.4) is 0 Å². The second-order valence-electron chi connectivity index (χ2n) is 3.97. The molecule has 15 heavy (non-hydrogen) atoms. The topological polar surface area (TPSA) is 24.9 Å². The predicted molar refractivity (Wildman–Crippen MR) is 68.7 cm³/mol. The van der Waals surface area contributed by atoms with Gasteiger partial charge in [-0.1, -0.05) is 13.3 Å². The van der Waals surface area contributed by atoms with Crippen molar-refractivity contribution in [2.24, 2.45) is 5.92 Å². The standard InChI is InChI=1S/C11H14Br2N2/c1-2-7-3-10(7)15-6-11-9(13)4-8(12)5-14-11/h4-5,7,10,15H,2-3,6H2,1H3. The first-order valence-corrected chi connectivity index (χ1v) is 6.82. The van der Waals surface area contributed by atoms with E-state index in [0.717, 1.165) is 27.1 Å². The summed E-state index contributed by atoms with van der Waals surface area (Å²) in [5, 5.41) is 3.53. The normalized spacial score (nSPS) is 24.2. The van der Waals surface area contributed by atoms with Crippen molar-refractivity contribution >= 4 is 31.9 Å². The van der Waals surface area contributed by atoms with Crippen molar-refractivity contribution in [1.82, 2.24) is 10.3 Å². The second kappa shape index (κ2) is 4.93. The molecule has 0 aliphatic heterocycles. The van der Waals surface area contributed by atoms with Gasteiger partial charge in [-0.05, 0) is 50.3 Å². The second-order valence-corrected chi connectivity index (χ2v) is 5.74. The van der Waals surface area contributed by atoms with Crippen LogP contribution in [-0.4, -0.2) is 11.0 Å². The summed E-state index contributed by atoms with van der Waals surface area (Å²) < 4.78 is 2.08. The van der Waals surface area contributed by atoms with E-state index in [9.17, 15) is 0 Å². The molecule has 0 aromatic carbocycles. The van der Waals surface area contributed by atoms with Crippen LogP contribution < -0.4 is 5.32 Å². The highest BCUT2D eigenvalue weighted by Crippen LogP contribution is 2.33. The summed E-state index contributed by atoms with van der Waals surface area (Å²) in [4.78, 5) is 4.37. The molecule has 2 unspecified atom stereocenters. The zero-order valence-electron chi connectivity index (χ0n) is 8.63. The number of pyridine rings is 1. The first-order chi connectivity index (χ1) is 7.20. The lowest BCUT2D eigenvalue weighted by molar-refractivity contribution is 0.614. The Hall–Kier alpha value is 0.0700. The van der Waals surface area contributed by atoms with Crippen LogP contribution in [0.5, 0.6) is 0 Å². The Morgan fingerprint density at radius 2 is 2.33 bits per heavy atom. The van der Waals surface area contributed by atoms with E-state index in [1.165, 1.54) is 12.8 Å². The molecule has 2 nitrogen and oxygen atoms in total. The predicted octanol–water partition coefficient (Wildman–Crippen LogP) is 3.49. The highest BCUT2D eigenvalue weighted by atomic mass is 79.9. The van der Waals surface area contributed by atoms with Crippen LogP contribution >= 0.6 is 31.9 Å². The van der Waals surface area contributed by atoms with Crippen LogP contribution in [0.2, 0.25) is 0 Å². The molecule has 0 bridgehead atoms. The Morgan fingerprint density at radius 1 is 1.53 bits per heavy atom. The molecule has 1 fully saturated rings. The van der Waals surface area contributed by atoms with Gasteiger partial charge >= 0.3 is 0 Å². The monoisotopic (exact) mass is 332 g/mol. The third-order valence-corrected chi connectivity index (χ3v) is 3.98. The van der Waals surface area contributed by atoms with Gasteiger partial charge in [0.1, 0.15) is 0 Å². The fraction of sp³-hybridized carbons (Fsp3) is 0.545. The van der Waals surface area contributed by atoms with Gasteiger partial charge in [0.05, 0.1) is 5.69 Å². The molecule has 2 rings (SSSR count). The molecule has 1 aliphatic carbocycles. The smallest absolute Gasteiger partial charge is 0.0684 e. The van der Waals surface area contributed by atoms with Crippen LogP contribution in [0.1, 0.15) is 25.5 Å². The number of nitrogens with zero attached hydrogens (tertiary/aromatic N) is 1. The van der Waals surface area contributed by atoms with Gasteiger partial charge in [-0.2, -0.15) is 0 Å². The summed E-state index contributed by atoms with van der Waals surface area (Å²) >= 11 is 6.91. The Balaban J connectivity index is 1.88. The molecular weight excluding hydrogens is 320 g/mol. The maximum Gasteiger partial charge on any atom is 0.0684 e. The van der Waals surface area contributed by atoms with Gasteiger partial charge in [0.15, 0.2) is 0 Å². The van der Waals surface area contributed by atoms with E-state index in [1.54, 1.807) is 0 Å². The van der Waals surface area contributed by atoms with E-state index in [4.69, 9.17) is 0 Å². The van der Waals surface area contributed by atoms with Crippen molar-refractivity contribution in [1.29, 1.82) is 0 Å². The van der Waals surface area contributed by atoms with Crippen molar-refractivity contribution in [3.8, 4) is 0 Å². The number of nitrogens with one attached hydrogen (secondary N) is 1. The van der Waals surface area contributed by atoms with Crippen LogP contribution in [-0.2, 0) is 6.54 Å². The summed E-state index contributed by atoms with van der Waals surface area (Å²) in [6, 6.07) is 2.75. The maximum absolute atomic E-state index is 4.37. The molecule has 1 saturated carbocycles. The van der Waals surface area contributed by atoms with Crippen LogP contribution in [0.4, 0.5) is 0 Å². The lowest BCUT2D eigenvalue weighted by Crippen LogP contribution is -2.18. The van der Waals surface area contributed by atoms with Gasteiger partial charge in [0, 0.05) is 27.7 Å². The number of halogens is 2. The molecule has 1 N–H and O–H groups in total. The summed E-state index contributed by atoms with van der Waals surface area (Å²) in [6.07, 6.45) is 4.45. The molecule has 1 aromatic rings. The van der Waals surface area contributed by atoms with E-state index in [2.05, 4.69) is 49.1 Å². The largest absolute Gasteiger partial charge is 0.308 e. The molecule has 0 amide bonds. The maximum atomic E-state index is 4.37. The van der Waals surface area contributed by atoms with Gasteiger partial charge in [-0.25, -0.2) is 0 Å². The summed E-state index contributed by atoms with van der Waals surface area (Å²) in [5.74, 6) is 0.888. The van der Waals surface area contributed by atoms with E-state index in [-0.39, 0.29) is 0 Å². The number of hydrogen-bond acceptors (Lipinski definition) is 2. The fourth-order valence-electron chi connectivity index (χ4n) is 1.75. The third kappa shape index (κ3) is 3.02. The number of hydrogen-bond donors (Lipinski definition) is 1. The van der Waals surface area contributed by atoms with Gasteiger partial charge in [-0.15, -0.1) is 0 Å². The highest BCUT2D eigenvalue weighted by molar-refractivity contribution is 9.11. The van der Waals surface area contributed by atoms with Crippen LogP contribution in [0, 0.1) is 5.92 Å². The zero-order chi connectivity index (χ0) is 10.8. The molecule has 2 atom stereocenters. The minimum atomic E-state index is 0.715. The Labute approximate surface area is 107 Å². The van der Waals surface area contributed by atoms with Crippen LogP contribution in [0.25, 0.3) is 0 Å². The van der Waals surface area contributed by atoms with Crippen molar-refractivity contribution in [3.05, 3.63) is 26.9 Å². The molecule has 1 aliphatic rings. The van der Waals surface area contributed by atoms with E-state index < -0.39 is 0 Å². The van der Waals surface area contributed by atoms with Crippen molar-refractivity contribution in [3.63, 3.8) is 0 Å². The Morgan fingerprint density at radius 3 is 2.93 bits per heavy atom. The number of rotatable bonds is 4. The minimum absolute atomic E-state index is 0.715. The van der Waals surface area contributed by atoms with Crippen LogP contribution in [0.15, 0.2) is 21.2 Å². The molecule has 1 heterocycles. The van der Waals surface area contributed by atoms with Crippen molar-refractivity contribution in [2.45, 2.75) is 32.4 Å². The highest BCUT2D eigenvalue weighted by Gasteiger charge is 2.34. The summed E-state index contributed by atoms with van der Waals surface area (Å²) in [7, 11) is 0. The average molecular weight is 334 g/mol. The minimum Gasteiger partial charge on any atom is -0.308 e. The Kier molecular flexibility index (Phi) is 3.80. The molecule has 0 saturated heterocycles. The third-order valence-electron chi connectivity index (χ3n) is 2.86. The van der Waals surface area contributed by atoms with E-state index in [0.29, 0.717) is 6.04 Å². The van der Waals surface area contributed by atoms with E-state index >= 15 is 0 Å². The molecule has 4 heteroatoms. The molecule has 82 valence electrons. The zero-order valence-corrected chi connectivity index (χ0v) is 11.8. The molecule has 0 spiro atoms. The summed E-state index contributed by atoms with van der Waals surface area (Å²) in [6.45, 7) is 3.11. The van der Waals surface area contributed by atoms with Gasteiger partial charge in [-0.3, -0.25) is 4.98 Å². The quantitative estimate of drug-likeness (QED) is 0.912. The first-order valence-electron chi connectivity index (χ1n) is 5.24. The molecular formula is C11H14Br2N2. The molecule has 0 radical (unpaired) electrons. The fourth-order valence-corrected chi connectivity index (χ4v) is 2.88. The average Bonchev–Trinajstić information content (AvgIpc) is 2.95. The van der Waals surface area contributed by atoms with E-state index in [1.807, 2.05) is 12.3 Å². The lowest BCUT2D eigenvalue weighted by atomic mass is 10.3. The summed E-state index contributed by atoms with van der Waals surface area (Å²) in [5.41, 5.74) is 1.08. The van der Waals surface area contributed by atoms with Crippen molar-refractivity contribution < 1.29 is 0 Å². The lowest BCUT2D eigenvalue weighted by Gasteiger charge is -2.05.